The van der Waals surface area contributed by atoms with E-state index in [-0.39, 0.29) is 5.97 Å². The quantitative estimate of drug-likeness (QED) is 0.0931. The number of rotatable bonds is 19. The second kappa shape index (κ2) is 15.8. The molecule has 0 unspecified atom stereocenters. The summed E-state index contributed by atoms with van der Waals surface area (Å²) in [6.45, 7) is 26.1. The SMILES string of the molecule is C=C(C)C(=O)OCCC[Si]O[Si](C)(C)C[Si]O[Si](C)(C)C[Si]O[Si](C)(C)C[Si]O[Si](C)(C)C. The third-order valence-electron chi connectivity index (χ3n) is 3.92. The third kappa shape index (κ3) is 20.7. The molecule has 0 aromatic carbocycles. The average molecular weight is 593 g/mol. The largest absolute Gasteiger partial charge is 0.462 e. The summed E-state index contributed by atoms with van der Waals surface area (Å²) in [5.74, 6) is -0.313. The lowest BCUT2D eigenvalue weighted by molar-refractivity contribution is -0.138. The van der Waals surface area contributed by atoms with Crippen molar-refractivity contribution in [1.29, 1.82) is 0 Å². The smallest absolute Gasteiger partial charge is 0.333 e. The third-order valence-corrected chi connectivity index (χ3v) is 27.8. The Kier molecular flexibility index (Phi) is 16.2. The van der Waals surface area contributed by atoms with E-state index in [1.165, 1.54) is 0 Å². The maximum Gasteiger partial charge on any atom is 0.333 e. The van der Waals surface area contributed by atoms with Gasteiger partial charge < -0.3 is 21.2 Å². The van der Waals surface area contributed by atoms with Gasteiger partial charge in [-0.25, -0.2) is 4.79 Å². The Morgan fingerprint density at radius 2 is 1.09 bits per heavy atom. The number of hydrogen-bond acceptors (Lipinski definition) is 6. The van der Waals surface area contributed by atoms with E-state index in [1.54, 1.807) is 6.92 Å². The topological polar surface area (TPSA) is 63.2 Å². The molecule has 0 aliphatic carbocycles. The molecular formula is C19H44O6Si8. The molecule has 0 saturated carbocycles. The Balaban J connectivity index is 4.04. The Morgan fingerprint density at radius 3 is 1.48 bits per heavy atom. The summed E-state index contributed by atoms with van der Waals surface area (Å²) in [6.07, 6.45) is 0.825. The van der Waals surface area contributed by atoms with Crippen molar-refractivity contribution in [1.82, 2.24) is 0 Å². The normalized spacial score (nSPS) is 13.3. The molecular weight excluding hydrogens is 549 g/mol. The van der Waals surface area contributed by atoms with Gasteiger partial charge in [0.15, 0.2) is 33.3 Å². The number of esters is 1. The molecule has 0 saturated heterocycles. The number of hydrogen-bond donors (Lipinski definition) is 0. The zero-order valence-corrected chi connectivity index (χ0v) is 30.4. The fraction of sp³-hybridized carbons (Fsp3) is 0.842. The first-order valence-electron chi connectivity index (χ1n) is 11.4. The van der Waals surface area contributed by atoms with E-state index in [4.69, 9.17) is 21.2 Å². The van der Waals surface area contributed by atoms with Crippen LogP contribution in [-0.4, -0.2) is 84.9 Å². The van der Waals surface area contributed by atoms with Crippen molar-refractivity contribution in [2.75, 3.05) is 6.61 Å². The lowest BCUT2D eigenvalue weighted by atomic mass is 10.4. The van der Waals surface area contributed by atoms with E-state index >= 15 is 0 Å². The standard InChI is InChI=1S/C19H44O6Si8/c1-18(2)19(20)21-13-12-14-26-23-31(6,7)16-28-25-33(10,11)17-29-24-32(8,9)15-27-22-30(3,4)5/h1,12-17H2,2-11H3. The van der Waals surface area contributed by atoms with Crippen molar-refractivity contribution in [2.45, 2.75) is 95.3 Å². The van der Waals surface area contributed by atoms with Crippen LogP contribution in [-0.2, 0) is 26.0 Å². The van der Waals surface area contributed by atoms with Gasteiger partial charge in [-0.05, 0) is 95.3 Å². The molecule has 0 aromatic rings. The van der Waals surface area contributed by atoms with Gasteiger partial charge in [-0.3, -0.25) is 0 Å². The van der Waals surface area contributed by atoms with Crippen molar-refractivity contribution in [3.63, 3.8) is 0 Å². The van der Waals surface area contributed by atoms with Crippen LogP contribution in [0.1, 0.15) is 13.3 Å². The van der Waals surface area contributed by atoms with Gasteiger partial charge in [0.25, 0.3) is 0 Å². The maximum atomic E-state index is 11.4. The van der Waals surface area contributed by atoms with Crippen molar-refractivity contribution in [2.24, 2.45) is 0 Å². The zero-order chi connectivity index (χ0) is 25.8. The summed E-state index contributed by atoms with van der Waals surface area (Å²) in [5.41, 5.74) is 3.62. The second-order valence-electron chi connectivity index (χ2n) is 10.9. The van der Waals surface area contributed by atoms with Gasteiger partial charge in [-0.1, -0.05) is 6.58 Å². The molecule has 0 atom stereocenters. The van der Waals surface area contributed by atoms with E-state index in [0.717, 1.165) is 29.5 Å². The Labute approximate surface area is 217 Å². The van der Waals surface area contributed by atoms with Gasteiger partial charge in [-0.15, -0.1) is 0 Å². The molecule has 14 heteroatoms. The summed E-state index contributed by atoms with van der Waals surface area (Å²) >= 11 is 0. The average Bonchev–Trinajstić information content (AvgIpc) is 2.62. The molecule has 0 bridgehead atoms. The maximum absolute atomic E-state index is 11.4. The highest BCUT2D eigenvalue weighted by Crippen LogP contribution is 2.17. The van der Waals surface area contributed by atoms with E-state index in [9.17, 15) is 4.79 Å². The highest BCUT2D eigenvalue weighted by atomic mass is 28.4. The first-order chi connectivity index (χ1) is 14.9. The molecule has 8 radical (unpaired) electrons. The Morgan fingerprint density at radius 1 is 0.697 bits per heavy atom. The van der Waals surface area contributed by atoms with Crippen LogP contribution in [0.5, 0.6) is 0 Å². The predicted molar refractivity (Wildman–Crippen MR) is 153 cm³/mol. The fourth-order valence-electron chi connectivity index (χ4n) is 2.02. The van der Waals surface area contributed by atoms with Crippen LogP contribution in [0, 0.1) is 0 Å². The molecule has 0 aromatic heterocycles. The first-order valence-corrected chi connectivity index (χ1v) is 28.6. The van der Waals surface area contributed by atoms with Gasteiger partial charge in [0, 0.05) is 5.57 Å². The summed E-state index contributed by atoms with van der Waals surface area (Å²) < 4.78 is 30.1. The monoisotopic (exact) mass is 592 g/mol. The van der Waals surface area contributed by atoms with Crippen LogP contribution in [0.3, 0.4) is 0 Å². The van der Waals surface area contributed by atoms with Gasteiger partial charge in [-0.2, -0.15) is 0 Å². The van der Waals surface area contributed by atoms with Crippen molar-refractivity contribution >= 4 is 78.3 Å². The van der Waals surface area contributed by atoms with Crippen LogP contribution < -0.4 is 0 Å². The highest BCUT2D eigenvalue weighted by molar-refractivity contribution is 6.88. The molecule has 0 aliphatic rings. The first kappa shape index (κ1) is 33.8. The van der Waals surface area contributed by atoms with E-state index in [1.807, 2.05) is 0 Å². The van der Waals surface area contributed by atoms with Gasteiger partial charge in [0.05, 0.1) is 6.61 Å². The molecule has 6 nitrogen and oxygen atoms in total. The minimum atomic E-state index is -1.73. The number of carbonyl (C=O) groups excluding carboxylic acids is 1. The van der Waals surface area contributed by atoms with Crippen LogP contribution in [0.2, 0.25) is 82.0 Å². The van der Waals surface area contributed by atoms with Crippen LogP contribution >= 0.6 is 0 Å². The summed E-state index contributed by atoms with van der Waals surface area (Å²) in [4.78, 5) is 11.4. The molecule has 188 valence electrons. The van der Waals surface area contributed by atoms with E-state index in [0.29, 0.717) is 51.2 Å². The van der Waals surface area contributed by atoms with Crippen molar-refractivity contribution in [3.05, 3.63) is 12.2 Å². The predicted octanol–water partition coefficient (Wildman–Crippen LogP) is 4.78. The lowest BCUT2D eigenvalue weighted by Crippen LogP contribution is -2.41. The van der Waals surface area contributed by atoms with Crippen LogP contribution in [0.15, 0.2) is 12.2 Å². The van der Waals surface area contributed by atoms with Crippen molar-refractivity contribution < 1.29 is 26.0 Å². The van der Waals surface area contributed by atoms with Gasteiger partial charge >= 0.3 is 5.97 Å². The molecule has 0 spiro atoms. The van der Waals surface area contributed by atoms with E-state index in [2.05, 4.69) is 65.5 Å². The summed E-state index contributed by atoms with van der Waals surface area (Å²) in [6, 6.07) is 0.922. The van der Waals surface area contributed by atoms with Gasteiger partial charge in [0.1, 0.15) is 0 Å². The minimum absolute atomic E-state index is 0.313. The molecule has 33 heavy (non-hydrogen) atoms. The second-order valence-corrected chi connectivity index (χ2v) is 34.9. The number of ether oxygens (including phenoxy) is 1. The lowest BCUT2D eigenvalue weighted by Gasteiger charge is -2.28. The molecule has 0 aliphatic heterocycles. The molecule has 0 amide bonds. The minimum Gasteiger partial charge on any atom is -0.462 e. The van der Waals surface area contributed by atoms with Crippen LogP contribution in [0.25, 0.3) is 0 Å². The molecule has 0 fully saturated rings. The van der Waals surface area contributed by atoms with Gasteiger partial charge in [0.2, 0.25) is 39.1 Å². The van der Waals surface area contributed by atoms with Crippen LogP contribution in [0.4, 0.5) is 0 Å². The highest BCUT2D eigenvalue weighted by Gasteiger charge is 2.30. The molecule has 0 heterocycles. The summed E-state index contributed by atoms with van der Waals surface area (Å²) in [7, 11) is -4.47. The Hall–Kier alpha value is 0.785. The Bertz CT molecular complexity index is 595. The van der Waals surface area contributed by atoms with E-state index < -0.39 is 33.3 Å². The summed E-state index contributed by atoms with van der Waals surface area (Å²) in [5, 5.41) is 0. The number of carbonyl (C=O) groups is 1. The molecule has 0 N–H and O–H groups in total. The fourth-order valence-corrected chi connectivity index (χ4v) is 18.9. The molecule has 0 rings (SSSR count). The van der Waals surface area contributed by atoms with Crippen molar-refractivity contribution in [3.8, 4) is 0 Å². The zero-order valence-electron chi connectivity index (χ0n) is 22.4.